The summed E-state index contributed by atoms with van der Waals surface area (Å²) in [6, 6.07) is -14.2. The van der Waals surface area contributed by atoms with Gasteiger partial charge in [-0.05, 0) is 68.9 Å². The number of rotatable bonds is 10. The van der Waals surface area contributed by atoms with Crippen LogP contribution in [-0.2, 0) is 16.0 Å². The normalized spacial score (nSPS) is 53.4. The van der Waals surface area contributed by atoms with Crippen molar-refractivity contribution in [3.63, 3.8) is 0 Å². The number of ether oxygens (including phenoxy) is 3. The molecule has 4 rings (SSSR count). The molecular weight excluding hydrogens is 438 g/mol. The van der Waals surface area contributed by atoms with Gasteiger partial charge in [0.05, 0.1) is 59.8 Å². The zero-order chi connectivity index (χ0) is 54.6. The highest BCUT2D eigenvalue weighted by atomic mass is 16.5. The lowest BCUT2D eigenvalue weighted by molar-refractivity contribution is -0.0398. The van der Waals surface area contributed by atoms with Crippen LogP contribution in [-0.4, -0.2) is 55.7 Å². The van der Waals surface area contributed by atoms with Crippen molar-refractivity contribution in [1.29, 1.82) is 5.26 Å². The summed E-state index contributed by atoms with van der Waals surface area (Å²) >= 11 is 0. The number of anilines is 1. The van der Waals surface area contributed by atoms with Crippen LogP contribution in [0.2, 0.25) is 1.41 Å². The van der Waals surface area contributed by atoms with Crippen LogP contribution in [0.25, 0.3) is 0 Å². The van der Waals surface area contributed by atoms with E-state index in [0.717, 1.165) is 0 Å². The molecule has 0 radical (unpaired) electrons. The summed E-state index contributed by atoms with van der Waals surface area (Å²) in [4.78, 5) is -1.03. The third-order valence-corrected chi connectivity index (χ3v) is 3.98. The Morgan fingerprint density at radius 1 is 1.23 bits per heavy atom. The molecule has 6 heteroatoms. The SMILES string of the molecule is [2H]COC([2H])([2H])C([2H])([2H])OC1([2H])C([2H])([2H])C([2H])([2H])C(C)(N2C([2H])([2H])C([2H])([2H])C([2H])(N([2H])c3c([2H])c(C#N)c([2H])c([2H])c3OC([2H])([2H])c3c([2H])c([2H])c([2H])c([2H])c3[2H])C([2H])([2H])C2([2H])[2H])C([2H])([2H])C1([2H])[2H]. The fraction of sp³-hybridized carbons (Fsp3) is 0.552. The molecule has 6 nitrogen and oxygen atoms in total. The number of methoxy groups -OCH3 is 1. The zero-order valence-electron chi connectivity index (χ0n) is 51.8. The molecule has 0 spiro atoms. The van der Waals surface area contributed by atoms with Crippen LogP contribution in [0.4, 0.5) is 5.69 Å². The van der Waals surface area contributed by atoms with Crippen LogP contribution in [0.1, 0.15) is 102 Å². The Bertz CT molecular complexity index is 2380. The molecular formula is C29H39N3O3. The number of hydrogen-bond acceptors (Lipinski definition) is 6. The Kier molecular flexibility index (Phi) is 2.35. The minimum Gasteiger partial charge on any atom is -0.487 e. The number of benzene rings is 2. The monoisotopic (exact) mass is 512 g/mol. The second-order valence-electron chi connectivity index (χ2n) is 6.36. The maximum atomic E-state index is 9.88. The topological polar surface area (TPSA) is 66.8 Å². The first kappa shape index (κ1) is 6.64. The predicted octanol–water partition coefficient (Wildman–Crippen LogP) is 5.38. The lowest BCUT2D eigenvalue weighted by Crippen LogP contribution is -2.53. The molecule has 188 valence electrons. The number of piperidine rings is 1. The maximum absolute atomic E-state index is 9.88. The smallest absolute Gasteiger partial charge is 0.160 e. The lowest BCUT2D eigenvalue weighted by atomic mass is 9.79. The first-order valence-corrected chi connectivity index (χ1v) is 9.40. The van der Waals surface area contributed by atoms with Crippen molar-refractivity contribution in [2.24, 2.45) is 0 Å². The molecule has 1 aliphatic heterocycles. The molecule has 35 heavy (non-hydrogen) atoms. The standard InChI is InChI=1S/C29H39N3O3/c1-29(14-10-26(11-15-29)34-19-18-33-2)32-16-12-25(13-17-32)31-27-20-24(21-30)8-9-28(27)35-22-23-6-4-3-5-7-23/h3-9,20,25-26,31H,10-19,22H2,1-2H3/i2D,3D,4D,5D,6D,7D,8D,9D,10D2,11D2,12D2,13D2,14D2,15D2,16D2,17D2,18D2,19D2,20D,22D2,25D,26D/hD. The van der Waals surface area contributed by atoms with Gasteiger partial charge in [-0.2, -0.15) is 5.26 Å². The van der Waals surface area contributed by atoms with Gasteiger partial charge in [-0.25, -0.2) is 0 Å². The van der Waals surface area contributed by atoms with E-state index in [1.165, 1.54) is 6.07 Å². The molecule has 0 amide bonds. The van der Waals surface area contributed by atoms with Gasteiger partial charge < -0.3 is 19.5 Å². The van der Waals surface area contributed by atoms with Gasteiger partial charge in [0.1, 0.15) is 12.3 Å². The quantitative estimate of drug-likeness (QED) is 0.462. The van der Waals surface area contributed by atoms with Crippen molar-refractivity contribution in [1.82, 2.24) is 4.90 Å². The first-order valence-electron chi connectivity index (χ1n) is 26.6. The van der Waals surface area contributed by atoms with Gasteiger partial charge in [-0.3, -0.25) is 4.90 Å². The molecule has 1 saturated carbocycles. The molecule has 0 atom stereocenters. The second kappa shape index (κ2) is 12.4. The summed E-state index contributed by atoms with van der Waals surface area (Å²) in [5.41, 5.74) is -8.97. The van der Waals surface area contributed by atoms with Gasteiger partial charge in [0.15, 0.2) is 1.41 Å². The molecule has 2 aliphatic rings. The third kappa shape index (κ3) is 6.98. The molecule has 0 aromatic heterocycles. The molecule has 2 fully saturated rings. The molecule has 1 saturated heterocycles. The van der Waals surface area contributed by atoms with E-state index in [9.17, 15) is 6.63 Å². The van der Waals surface area contributed by atoms with Crippen molar-refractivity contribution >= 4 is 5.69 Å². The molecule has 1 N–H and O–H groups in total. The largest absolute Gasteiger partial charge is 0.487 e. The number of likely N-dealkylation sites (tertiary alicyclic amines) is 1. The second-order valence-corrected chi connectivity index (χ2v) is 6.36. The maximum Gasteiger partial charge on any atom is 0.160 e. The van der Waals surface area contributed by atoms with E-state index in [-0.39, 0.29) is 6.92 Å². The van der Waals surface area contributed by atoms with E-state index in [1.54, 1.807) is 0 Å². The third-order valence-electron chi connectivity index (χ3n) is 3.98. The number of nitrogens with one attached hydrogen (secondary N) is 1. The first-order chi connectivity index (χ1) is 30.4. The number of nitrogens with zero attached hydrogens (tertiary/aromatic N) is 2. The van der Waals surface area contributed by atoms with Crippen LogP contribution in [0.3, 0.4) is 0 Å². The van der Waals surface area contributed by atoms with E-state index < -0.39 is 177 Å². The van der Waals surface area contributed by atoms with Crippen LogP contribution in [0, 0.1) is 11.3 Å². The van der Waals surface area contributed by atoms with Gasteiger partial charge in [-0.15, -0.1) is 0 Å². The van der Waals surface area contributed by atoms with Gasteiger partial charge in [-0.1, -0.05) is 30.2 Å². The van der Waals surface area contributed by atoms with E-state index in [1.807, 2.05) is 0 Å². The molecule has 1 heterocycles. The zero-order valence-corrected chi connectivity index (χ0v) is 17.8. The van der Waals surface area contributed by atoms with Gasteiger partial charge in [0.25, 0.3) is 0 Å². The number of nitriles is 1. The van der Waals surface area contributed by atoms with Crippen LogP contribution in [0.5, 0.6) is 5.75 Å². The van der Waals surface area contributed by atoms with Crippen molar-refractivity contribution in [2.75, 3.05) is 38.5 Å². The average molecular weight is 512 g/mol. The Morgan fingerprint density at radius 3 is 2.71 bits per heavy atom. The molecule has 2 aromatic rings. The van der Waals surface area contributed by atoms with E-state index in [0.29, 0.717) is 0 Å². The fourth-order valence-corrected chi connectivity index (χ4v) is 2.35. The molecule has 0 bridgehead atoms. The minimum atomic E-state index is -4.87. The minimum absolute atomic E-state index is 0.00396. The highest BCUT2D eigenvalue weighted by Crippen LogP contribution is 2.37. The summed E-state index contributed by atoms with van der Waals surface area (Å²) in [5.74, 6) is -1.75. The van der Waals surface area contributed by atoms with Crippen molar-refractivity contribution < 1.29 is 60.9 Å². The van der Waals surface area contributed by atoms with Crippen LogP contribution < -0.4 is 10.0 Å². The summed E-state index contributed by atoms with van der Waals surface area (Å²) in [7, 11) is -1.40. The summed E-state index contributed by atoms with van der Waals surface area (Å²) in [5, 5.41) is 8.94. The average Bonchev–Trinajstić information content (AvgIpc) is 3.18. The lowest BCUT2D eigenvalue weighted by Gasteiger charge is -2.48. The van der Waals surface area contributed by atoms with Gasteiger partial charge in [0, 0.05) is 53.6 Å². The summed E-state index contributed by atoms with van der Waals surface area (Å²) in [6.45, 7) is -21.8. The highest BCUT2D eigenvalue weighted by molar-refractivity contribution is 5.60. The van der Waals surface area contributed by atoms with E-state index >= 15 is 0 Å². The van der Waals surface area contributed by atoms with Crippen LogP contribution >= 0.6 is 0 Å². The van der Waals surface area contributed by atoms with Crippen molar-refractivity contribution in [2.45, 2.75) is 69.4 Å². The van der Waals surface area contributed by atoms with Crippen LogP contribution in [0.15, 0.2) is 48.3 Å². The number of hydrogen-bond donors (Lipinski definition) is 1. The molecule has 2 aromatic carbocycles. The molecule has 1 aliphatic carbocycles. The fourth-order valence-electron chi connectivity index (χ4n) is 2.35. The summed E-state index contributed by atoms with van der Waals surface area (Å²) in [6.07, 6.45) is -33.5. The summed E-state index contributed by atoms with van der Waals surface area (Å²) < 4.78 is 308. The highest BCUT2D eigenvalue weighted by Gasteiger charge is 2.38. The Balaban J connectivity index is 2.13. The predicted molar refractivity (Wildman–Crippen MR) is 139 cm³/mol. The van der Waals surface area contributed by atoms with E-state index in [2.05, 4.69) is 9.47 Å². The Hall–Kier alpha value is -2.59. The van der Waals surface area contributed by atoms with Crippen molar-refractivity contribution in [3.8, 4) is 11.8 Å². The van der Waals surface area contributed by atoms with E-state index in [4.69, 9.17) is 50.0 Å². The molecule has 0 unspecified atom stereocenters. The Labute approximate surface area is 258 Å². The Morgan fingerprint density at radius 2 is 2.00 bits per heavy atom. The van der Waals surface area contributed by atoms with Gasteiger partial charge >= 0.3 is 0 Å². The van der Waals surface area contributed by atoms with Crippen molar-refractivity contribution in [3.05, 3.63) is 59.5 Å². The van der Waals surface area contributed by atoms with Gasteiger partial charge in [0.2, 0.25) is 0 Å².